The van der Waals surface area contributed by atoms with E-state index in [2.05, 4.69) is 10.1 Å². The number of ether oxygens (including phenoxy) is 2. The van der Waals surface area contributed by atoms with Crippen molar-refractivity contribution in [3.63, 3.8) is 0 Å². The number of aliphatic hydroxyl groups is 1. The summed E-state index contributed by atoms with van der Waals surface area (Å²) in [5.41, 5.74) is 0. The lowest BCUT2D eigenvalue weighted by atomic mass is 10.2. The average Bonchev–Trinajstić information content (AvgIpc) is 2.88. The molecule has 18 heavy (non-hydrogen) atoms. The van der Waals surface area contributed by atoms with Crippen molar-refractivity contribution in [2.24, 2.45) is 0 Å². The van der Waals surface area contributed by atoms with Crippen LogP contribution in [-0.4, -0.2) is 21.9 Å². The van der Waals surface area contributed by atoms with E-state index in [0.29, 0.717) is 23.9 Å². The molecule has 0 saturated carbocycles. The lowest BCUT2D eigenvalue weighted by Crippen LogP contribution is -2.22. The molecular formula is C12H12N2O4. The van der Waals surface area contributed by atoms with Gasteiger partial charge in [-0.1, -0.05) is 17.3 Å². The van der Waals surface area contributed by atoms with E-state index in [9.17, 15) is 5.11 Å². The maximum atomic E-state index is 9.32. The van der Waals surface area contributed by atoms with Gasteiger partial charge in [-0.05, 0) is 19.1 Å². The first-order valence-electron chi connectivity index (χ1n) is 5.64. The van der Waals surface area contributed by atoms with Crippen molar-refractivity contribution < 1.29 is 19.1 Å². The summed E-state index contributed by atoms with van der Waals surface area (Å²) in [6, 6.07) is 7.39. The summed E-state index contributed by atoms with van der Waals surface area (Å²) >= 11 is 0. The van der Waals surface area contributed by atoms with E-state index in [4.69, 9.17) is 14.0 Å². The number of hydrogen-bond donors (Lipinski definition) is 1. The zero-order valence-electron chi connectivity index (χ0n) is 9.74. The van der Waals surface area contributed by atoms with Gasteiger partial charge >= 0.3 is 0 Å². The number of aliphatic hydroxyl groups excluding tert-OH is 1. The molecule has 1 aromatic carbocycles. The van der Waals surface area contributed by atoms with Crippen LogP contribution in [0.2, 0.25) is 0 Å². The van der Waals surface area contributed by atoms with Gasteiger partial charge in [0.05, 0.1) is 0 Å². The van der Waals surface area contributed by atoms with Gasteiger partial charge in [0.25, 0.3) is 5.89 Å². The van der Waals surface area contributed by atoms with Gasteiger partial charge in [0.2, 0.25) is 5.82 Å². The zero-order valence-corrected chi connectivity index (χ0v) is 9.74. The Labute approximate surface area is 103 Å². The Morgan fingerprint density at radius 3 is 2.83 bits per heavy atom. The van der Waals surface area contributed by atoms with E-state index in [1.165, 1.54) is 0 Å². The summed E-state index contributed by atoms with van der Waals surface area (Å²) in [7, 11) is 0. The number of fused-ring (bicyclic) bond motifs is 1. The van der Waals surface area contributed by atoms with E-state index >= 15 is 0 Å². The predicted molar refractivity (Wildman–Crippen MR) is 60.2 cm³/mol. The summed E-state index contributed by atoms with van der Waals surface area (Å²) in [6.45, 7) is 1.88. The minimum Gasteiger partial charge on any atom is -0.485 e. The van der Waals surface area contributed by atoms with Crippen LogP contribution >= 0.6 is 0 Å². The highest BCUT2D eigenvalue weighted by molar-refractivity contribution is 5.40. The predicted octanol–water partition coefficient (Wildman–Crippen LogP) is 1.64. The fourth-order valence-electron chi connectivity index (χ4n) is 1.69. The molecule has 1 unspecified atom stereocenters. The fourth-order valence-corrected chi connectivity index (χ4v) is 1.69. The standard InChI is InChI=1S/C12H12N2O4/c1-7(15)12-13-11(14-18-12)10-6-16-8-4-2-3-5-9(8)17-10/h2-5,7,10,15H,6H2,1H3/t7-,10?/m1/s1. The molecule has 1 aromatic heterocycles. The minimum atomic E-state index is -0.789. The van der Waals surface area contributed by atoms with Crippen LogP contribution in [0, 0.1) is 0 Å². The van der Waals surface area contributed by atoms with Crippen LogP contribution in [0.25, 0.3) is 0 Å². The molecule has 0 aliphatic carbocycles. The smallest absolute Gasteiger partial charge is 0.255 e. The van der Waals surface area contributed by atoms with Crippen LogP contribution in [0.3, 0.4) is 0 Å². The SMILES string of the molecule is C[C@@H](O)c1nc(C2COc3ccccc3O2)no1. The molecular weight excluding hydrogens is 236 g/mol. The normalized spacial score (nSPS) is 19.6. The molecule has 0 saturated heterocycles. The van der Waals surface area contributed by atoms with Gasteiger partial charge in [0.1, 0.15) is 12.7 Å². The zero-order chi connectivity index (χ0) is 12.5. The third-order valence-electron chi connectivity index (χ3n) is 2.61. The monoisotopic (exact) mass is 248 g/mol. The van der Waals surface area contributed by atoms with E-state index in [-0.39, 0.29) is 5.89 Å². The molecule has 0 radical (unpaired) electrons. The Hall–Kier alpha value is -2.08. The Balaban J connectivity index is 1.83. The highest BCUT2D eigenvalue weighted by atomic mass is 16.6. The highest BCUT2D eigenvalue weighted by Crippen LogP contribution is 2.35. The van der Waals surface area contributed by atoms with Crippen LogP contribution in [0.1, 0.15) is 30.8 Å². The number of hydrogen-bond acceptors (Lipinski definition) is 6. The third kappa shape index (κ3) is 1.91. The molecule has 0 amide bonds. The Morgan fingerprint density at radius 2 is 2.11 bits per heavy atom. The van der Waals surface area contributed by atoms with Crippen molar-refractivity contribution in [1.29, 1.82) is 0 Å². The van der Waals surface area contributed by atoms with Crippen LogP contribution in [0.5, 0.6) is 11.5 Å². The van der Waals surface area contributed by atoms with Crippen LogP contribution in [0.4, 0.5) is 0 Å². The molecule has 2 atom stereocenters. The summed E-state index contributed by atoms with van der Waals surface area (Å²) in [4.78, 5) is 4.07. The molecule has 1 N–H and O–H groups in total. The van der Waals surface area contributed by atoms with Gasteiger partial charge in [-0.2, -0.15) is 4.98 Å². The third-order valence-corrected chi connectivity index (χ3v) is 2.61. The number of nitrogens with zero attached hydrogens (tertiary/aromatic N) is 2. The molecule has 2 heterocycles. The van der Waals surface area contributed by atoms with Gasteiger partial charge in [-0.15, -0.1) is 0 Å². The lowest BCUT2D eigenvalue weighted by Gasteiger charge is -2.24. The van der Waals surface area contributed by atoms with Crippen molar-refractivity contribution in [1.82, 2.24) is 10.1 Å². The Kier molecular flexibility index (Phi) is 2.64. The van der Waals surface area contributed by atoms with E-state index in [0.717, 1.165) is 0 Å². The van der Waals surface area contributed by atoms with Crippen molar-refractivity contribution in [3.05, 3.63) is 36.0 Å². The van der Waals surface area contributed by atoms with Gasteiger partial charge in [0, 0.05) is 0 Å². The quantitative estimate of drug-likeness (QED) is 0.870. The summed E-state index contributed by atoms with van der Waals surface area (Å²) in [5.74, 6) is 1.90. The minimum absolute atomic E-state index is 0.174. The Bertz CT molecular complexity index is 553. The summed E-state index contributed by atoms with van der Waals surface area (Å²) in [6.07, 6.45) is -1.21. The van der Waals surface area contributed by atoms with Crippen molar-refractivity contribution in [3.8, 4) is 11.5 Å². The fraction of sp³-hybridized carbons (Fsp3) is 0.333. The van der Waals surface area contributed by atoms with Gasteiger partial charge in [-0.3, -0.25) is 0 Å². The molecule has 6 heteroatoms. The number of aromatic nitrogens is 2. The Morgan fingerprint density at radius 1 is 1.33 bits per heavy atom. The van der Waals surface area contributed by atoms with Crippen molar-refractivity contribution >= 4 is 0 Å². The van der Waals surface area contributed by atoms with Crippen LogP contribution in [0.15, 0.2) is 28.8 Å². The van der Waals surface area contributed by atoms with Crippen LogP contribution in [-0.2, 0) is 0 Å². The van der Waals surface area contributed by atoms with Crippen molar-refractivity contribution in [2.75, 3.05) is 6.61 Å². The molecule has 1 aliphatic rings. The van der Waals surface area contributed by atoms with Crippen LogP contribution < -0.4 is 9.47 Å². The van der Waals surface area contributed by atoms with Crippen molar-refractivity contribution in [2.45, 2.75) is 19.1 Å². The number of benzene rings is 1. The second-order valence-corrected chi connectivity index (χ2v) is 4.03. The first kappa shape index (κ1) is 11.0. The molecule has 0 bridgehead atoms. The second kappa shape index (κ2) is 4.30. The second-order valence-electron chi connectivity index (χ2n) is 4.03. The van der Waals surface area contributed by atoms with Gasteiger partial charge in [-0.25, -0.2) is 0 Å². The molecule has 2 aromatic rings. The molecule has 3 rings (SSSR count). The maximum absolute atomic E-state index is 9.32. The first-order valence-corrected chi connectivity index (χ1v) is 5.64. The molecule has 94 valence electrons. The van der Waals surface area contributed by atoms with E-state index in [1.807, 2.05) is 24.3 Å². The molecule has 0 spiro atoms. The highest BCUT2D eigenvalue weighted by Gasteiger charge is 2.27. The average molecular weight is 248 g/mol. The lowest BCUT2D eigenvalue weighted by molar-refractivity contribution is 0.0831. The van der Waals surface area contributed by atoms with Gasteiger partial charge in [0.15, 0.2) is 17.6 Å². The summed E-state index contributed by atoms with van der Waals surface area (Å²) < 4.78 is 16.2. The first-order chi connectivity index (χ1) is 8.74. The summed E-state index contributed by atoms with van der Waals surface area (Å²) in [5, 5.41) is 13.1. The molecule has 1 aliphatic heterocycles. The number of para-hydroxylation sites is 2. The van der Waals surface area contributed by atoms with E-state index < -0.39 is 12.2 Å². The topological polar surface area (TPSA) is 77.6 Å². The number of rotatable bonds is 2. The molecule has 0 fully saturated rings. The maximum Gasteiger partial charge on any atom is 0.255 e. The molecule has 6 nitrogen and oxygen atoms in total. The van der Waals surface area contributed by atoms with E-state index in [1.54, 1.807) is 6.92 Å². The largest absolute Gasteiger partial charge is 0.485 e. The van der Waals surface area contributed by atoms with Gasteiger partial charge < -0.3 is 19.1 Å².